The molecule has 1 aliphatic rings. The minimum Gasteiger partial charge on any atom is -0.352 e. The summed E-state index contributed by atoms with van der Waals surface area (Å²) in [7, 11) is 1.93. The normalized spacial score (nSPS) is 14.6. The third kappa shape index (κ3) is 3.56. The van der Waals surface area contributed by atoms with Gasteiger partial charge in [0.25, 0.3) is 5.91 Å². The lowest BCUT2D eigenvalue weighted by Gasteiger charge is -2.09. The average Bonchev–Trinajstić information content (AvgIpc) is 3.18. The molecule has 0 radical (unpaired) electrons. The van der Waals surface area contributed by atoms with Crippen LogP contribution in [0.5, 0.6) is 0 Å². The van der Waals surface area contributed by atoms with Crippen LogP contribution in [0.4, 0.5) is 0 Å². The fourth-order valence-electron chi connectivity index (χ4n) is 1.87. The minimum absolute atomic E-state index is 0.0728. The van der Waals surface area contributed by atoms with Gasteiger partial charge in [0.2, 0.25) is 0 Å². The van der Waals surface area contributed by atoms with Gasteiger partial charge in [-0.15, -0.1) is 0 Å². The van der Waals surface area contributed by atoms with Gasteiger partial charge in [0.1, 0.15) is 0 Å². The molecule has 0 aliphatic heterocycles. The van der Waals surface area contributed by atoms with Gasteiger partial charge in [-0.05, 0) is 50.4 Å². The van der Waals surface area contributed by atoms with E-state index < -0.39 is 0 Å². The number of likely N-dealkylation sites (N-methyl/N-ethyl adjacent to an activating group) is 1. The summed E-state index contributed by atoms with van der Waals surface area (Å²) in [4.78, 5) is 12.0. The van der Waals surface area contributed by atoms with E-state index in [-0.39, 0.29) is 5.91 Å². The largest absolute Gasteiger partial charge is 0.352 e. The summed E-state index contributed by atoms with van der Waals surface area (Å²) in [6.45, 7) is 1.73. The Morgan fingerprint density at radius 1 is 1.35 bits per heavy atom. The van der Waals surface area contributed by atoms with Gasteiger partial charge in [0.15, 0.2) is 0 Å². The highest BCUT2D eigenvalue weighted by atomic mass is 16.1. The van der Waals surface area contributed by atoms with Gasteiger partial charge in [-0.25, -0.2) is 0 Å². The Bertz CT molecular complexity index is 386. The third-order valence-electron chi connectivity index (χ3n) is 3.15. The number of rotatable bonds is 6. The van der Waals surface area contributed by atoms with Crippen molar-refractivity contribution in [2.45, 2.75) is 19.3 Å². The molecule has 3 heteroatoms. The highest BCUT2D eigenvalue weighted by Crippen LogP contribution is 2.27. The molecule has 0 spiro atoms. The molecule has 0 atom stereocenters. The number of benzene rings is 1. The Kier molecular flexibility index (Phi) is 4.15. The summed E-state index contributed by atoms with van der Waals surface area (Å²) in [5.74, 6) is 0.798. The topological polar surface area (TPSA) is 41.1 Å². The molecule has 1 aromatic carbocycles. The second-order valence-electron chi connectivity index (χ2n) is 4.66. The van der Waals surface area contributed by atoms with Gasteiger partial charge in [-0.1, -0.05) is 18.2 Å². The van der Waals surface area contributed by atoms with E-state index in [4.69, 9.17) is 0 Å². The lowest BCUT2D eigenvalue weighted by atomic mass is 10.0. The quantitative estimate of drug-likeness (QED) is 0.782. The van der Waals surface area contributed by atoms with Crippen LogP contribution in [-0.2, 0) is 6.42 Å². The van der Waals surface area contributed by atoms with E-state index in [2.05, 4.69) is 10.6 Å². The molecule has 0 unspecified atom stereocenters. The van der Waals surface area contributed by atoms with Crippen LogP contribution in [0.15, 0.2) is 24.3 Å². The predicted octanol–water partition coefficient (Wildman–Crippen LogP) is 1.59. The second kappa shape index (κ2) is 5.82. The molecule has 0 heterocycles. The third-order valence-corrected chi connectivity index (χ3v) is 3.15. The van der Waals surface area contributed by atoms with E-state index in [9.17, 15) is 4.79 Å². The van der Waals surface area contributed by atoms with E-state index in [0.717, 1.165) is 36.6 Å². The smallest absolute Gasteiger partial charge is 0.251 e. The van der Waals surface area contributed by atoms with Crippen molar-refractivity contribution in [2.24, 2.45) is 5.92 Å². The van der Waals surface area contributed by atoms with E-state index >= 15 is 0 Å². The molecule has 0 bridgehead atoms. The highest BCUT2D eigenvalue weighted by molar-refractivity contribution is 5.95. The van der Waals surface area contributed by atoms with Crippen molar-refractivity contribution in [1.29, 1.82) is 0 Å². The molecule has 1 fully saturated rings. The van der Waals surface area contributed by atoms with Crippen molar-refractivity contribution in [3.63, 3.8) is 0 Å². The van der Waals surface area contributed by atoms with Gasteiger partial charge >= 0.3 is 0 Å². The lowest BCUT2D eigenvalue weighted by Crippen LogP contribution is -2.27. The highest BCUT2D eigenvalue weighted by Gasteiger charge is 2.22. The molecule has 0 aromatic heterocycles. The minimum atomic E-state index is 0.0728. The maximum atomic E-state index is 12.0. The number of nitrogens with one attached hydrogen (secondary N) is 2. The zero-order valence-corrected chi connectivity index (χ0v) is 10.3. The molecule has 0 saturated heterocycles. The molecule has 92 valence electrons. The number of amides is 1. The zero-order valence-electron chi connectivity index (χ0n) is 10.3. The monoisotopic (exact) mass is 232 g/mol. The first-order valence-corrected chi connectivity index (χ1v) is 6.32. The van der Waals surface area contributed by atoms with Crippen LogP contribution >= 0.6 is 0 Å². The molecule has 17 heavy (non-hydrogen) atoms. The Morgan fingerprint density at radius 3 is 2.82 bits per heavy atom. The summed E-state index contributed by atoms with van der Waals surface area (Å²) >= 11 is 0. The summed E-state index contributed by atoms with van der Waals surface area (Å²) in [6.07, 6.45) is 3.42. The van der Waals surface area contributed by atoms with Gasteiger partial charge in [-0.3, -0.25) is 4.79 Å². The van der Waals surface area contributed by atoms with Crippen molar-refractivity contribution in [3.8, 4) is 0 Å². The molecule has 2 N–H and O–H groups in total. The number of hydrogen-bond donors (Lipinski definition) is 2. The first-order chi connectivity index (χ1) is 8.31. The molecule has 1 amide bonds. The van der Waals surface area contributed by atoms with Gasteiger partial charge in [0.05, 0.1) is 0 Å². The van der Waals surface area contributed by atoms with Gasteiger partial charge in [0, 0.05) is 12.1 Å². The van der Waals surface area contributed by atoms with Crippen LogP contribution in [0.25, 0.3) is 0 Å². The van der Waals surface area contributed by atoms with E-state index in [1.807, 2.05) is 31.3 Å². The maximum absolute atomic E-state index is 12.0. The van der Waals surface area contributed by atoms with E-state index in [1.165, 1.54) is 12.8 Å². The van der Waals surface area contributed by atoms with Crippen LogP contribution in [0, 0.1) is 5.92 Å². The Balaban J connectivity index is 1.98. The summed E-state index contributed by atoms with van der Waals surface area (Å²) in [6, 6.07) is 7.86. The second-order valence-corrected chi connectivity index (χ2v) is 4.66. The van der Waals surface area contributed by atoms with Crippen molar-refractivity contribution >= 4 is 5.91 Å². The van der Waals surface area contributed by atoms with Crippen molar-refractivity contribution in [2.75, 3.05) is 20.1 Å². The molecule has 3 nitrogen and oxygen atoms in total. The summed E-state index contributed by atoms with van der Waals surface area (Å²) in [5.41, 5.74) is 1.94. The van der Waals surface area contributed by atoms with Gasteiger partial charge in [-0.2, -0.15) is 0 Å². The Hall–Kier alpha value is -1.35. The van der Waals surface area contributed by atoms with Crippen molar-refractivity contribution < 1.29 is 4.79 Å². The van der Waals surface area contributed by atoms with E-state index in [1.54, 1.807) is 0 Å². The molecular weight excluding hydrogens is 212 g/mol. The SMILES string of the molecule is CNCCc1ccccc1C(=O)NCC1CC1. The molecule has 1 aromatic rings. The number of carbonyl (C=O) groups is 1. The Morgan fingerprint density at radius 2 is 2.12 bits per heavy atom. The number of hydrogen-bond acceptors (Lipinski definition) is 2. The fraction of sp³-hybridized carbons (Fsp3) is 0.500. The average molecular weight is 232 g/mol. The molecule has 1 saturated carbocycles. The predicted molar refractivity (Wildman–Crippen MR) is 69.1 cm³/mol. The lowest BCUT2D eigenvalue weighted by molar-refractivity contribution is 0.0951. The molecular formula is C14H20N2O. The van der Waals surface area contributed by atoms with Crippen LogP contribution in [0.1, 0.15) is 28.8 Å². The number of carbonyl (C=O) groups excluding carboxylic acids is 1. The Labute approximate surface area is 103 Å². The van der Waals surface area contributed by atoms with E-state index in [0.29, 0.717) is 0 Å². The fourth-order valence-corrected chi connectivity index (χ4v) is 1.87. The standard InChI is InChI=1S/C14H20N2O/c1-15-9-8-12-4-2-3-5-13(12)14(17)16-10-11-6-7-11/h2-5,11,15H,6-10H2,1H3,(H,16,17). The molecule has 2 rings (SSSR count). The molecule has 1 aliphatic carbocycles. The van der Waals surface area contributed by atoms with Crippen LogP contribution in [0.2, 0.25) is 0 Å². The van der Waals surface area contributed by atoms with Crippen molar-refractivity contribution in [3.05, 3.63) is 35.4 Å². The van der Waals surface area contributed by atoms with Crippen molar-refractivity contribution in [1.82, 2.24) is 10.6 Å². The first kappa shape index (κ1) is 12.1. The summed E-state index contributed by atoms with van der Waals surface area (Å²) in [5, 5.41) is 6.13. The summed E-state index contributed by atoms with van der Waals surface area (Å²) < 4.78 is 0. The van der Waals surface area contributed by atoms with Crippen LogP contribution in [0.3, 0.4) is 0 Å². The first-order valence-electron chi connectivity index (χ1n) is 6.32. The zero-order chi connectivity index (χ0) is 12.1. The van der Waals surface area contributed by atoms with Crippen LogP contribution < -0.4 is 10.6 Å². The van der Waals surface area contributed by atoms with Crippen LogP contribution in [-0.4, -0.2) is 26.0 Å². The van der Waals surface area contributed by atoms with Gasteiger partial charge < -0.3 is 10.6 Å². The maximum Gasteiger partial charge on any atom is 0.251 e.